The van der Waals surface area contributed by atoms with Crippen molar-refractivity contribution >= 4 is 41.0 Å². The molecule has 1 aromatic heterocycles. The molecule has 3 N–H and O–H groups in total. The normalized spacial score (nSPS) is 12.5. The van der Waals surface area contributed by atoms with Crippen molar-refractivity contribution in [3.05, 3.63) is 66.0 Å². The fraction of sp³-hybridized carbons (Fsp3) is 0.300. The fourth-order valence-electron chi connectivity index (χ4n) is 2.81. The Morgan fingerprint density at radius 2 is 1.85 bits per heavy atom. The summed E-state index contributed by atoms with van der Waals surface area (Å²) in [5.74, 6) is 1.85. The summed E-state index contributed by atoms with van der Waals surface area (Å²) in [5.41, 5.74) is 3.37. The number of nitrogens with one attached hydrogen (secondary N) is 3. The van der Waals surface area contributed by atoms with Gasteiger partial charge in [-0.15, -0.1) is 24.0 Å². The summed E-state index contributed by atoms with van der Waals surface area (Å²) >= 11 is 0. The molecule has 5 nitrogen and oxygen atoms in total. The SMILES string of the molecule is CN=C(NCCCc1nc2ccccc2[nH]1)NC(C)c1ccccc1.I. The summed E-state index contributed by atoms with van der Waals surface area (Å²) in [6.07, 6.45) is 1.90. The lowest BCUT2D eigenvalue weighted by atomic mass is 10.1. The Morgan fingerprint density at radius 3 is 2.58 bits per heavy atom. The lowest BCUT2D eigenvalue weighted by Gasteiger charge is -2.18. The zero-order valence-corrected chi connectivity index (χ0v) is 17.5. The first kappa shape index (κ1) is 20.2. The van der Waals surface area contributed by atoms with E-state index in [-0.39, 0.29) is 30.0 Å². The minimum Gasteiger partial charge on any atom is -0.356 e. The number of hydrogen-bond acceptors (Lipinski definition) is 2. The van der Waals surface area contributed by atoms with Gasteiger partial charge in [-0.1, -0.05) is 42.5 Å². The second kappa shape index (κ2) is 10.2. The number of aryl methyl sites for hydroxylation is 1. The molecule has 0 bridgehead atoms. The standard InChI is InChI=1S/C20H25N5.HI/c1-15(16-9-4-3-5-10-16)23-20(21-2)22-14-8-13-19-24-17-11-6-7-12-18(17)25-19;/h3-7,9-12,15H,8,13-14H2,1-2H3,(H,24,25)(H2,21,22,23);1H. The van der Waals surface area contributed by atoms with Crippen molar-refractivity contribution in [2.45, 2.75) is 25.8 Å². The van der Waals surface area contributed by atoms with E-state index < -0.39 is 0 Å². The first-order valence-electron chi connectivity index (χ1n) is 8.72. The summed E-state index contributed by atoms with van der Waals surface area (Å²) in [4.78, 5) is 12.3. The average molecular weight is 463 g/mol. The summed E-state index contributed by atoms with van der Waals surface area (Å²) in [5, 5.41) is 6.79. The molecule has 0 saturated carbocycles. The lowest BCUT2D eigenvalue weighted by molar-refractivity contribution is 0.670. The molecule has 0 amide bonds. The summed E-state index contributed by atoms with van der Waals surface area (Å²) in [6, 6.07) is 18.7. The highest BCUT2D eigenvalue weighted by Gasteiger charge is 2.07. The van der Waals surface area contributed by atoms with Crippen LogP contribution in [0.3, 0.4) is 0 Å². The smallest absolute Gasteiger partial charge is 0.191 e. The molecule has 6 heteroatoms. The van der Waals surface area contributed by atoms with Crippen LogP contribution in [0.5, 0.6) is 0 Å². The minimum atomic E-state index is 0. The van der Waals surface area contributed by atoms with Crippen LogP contribution in [0, 0.1) is 0 Å². The van der Waals surface area contributed by atoms with E-state index in [0.717, 1.165) is 42.2 Å². The molecule has 0 saturated heterocycles. The summed E-state index contributed by atoms with van der Waals surface area (Å²) < 4.78 is 0. The van der Waals surface area contributed by atoms with Crippen LogP contribution >= 0.6 is 24.0 Å². The molecule has 0 radical (unpaired) electrons. The lowest BCUT2D eigenvalue weighted by Crippen LogP contribution is -2.39. The Morgan fingerprint density at radius 1 is 1.12 bits per heavy atom. The molecule has 2 aromatic carbocycles. The van der Waals surface area contributed by atoms with E-state index in [1.54, 1.807) is 7.05 Å². The molecule has 0 aliphatic heterocycles. The number of fused-ring (bicyclic) bond motifs is 1. The molecule has 1 atom stereocenters. The van der Waals surface area contributed by atoms with Gasteiger partial charge in [-0.3, -0.25) is 4.99 Å². The van der Waals surface area contributed by atoms with Gasteiger partial charge in [-0.2, -0.15) is 0 Å². The molecule has 0 aliphatic rings. The second-order valence-electron chi connectivity index (χ2n) is 6.08. The van der Waals surface area contributed by atoms with Crippen molar-refractivity contribution in [3.63, 3.8) is 0 Å². The number of rotatable bonds is 6. The third-order valence-corrected chi connectivity index (χ3v) is 4.20. The van der Waals surface area contributed by atoms with Crippen LogP contribution in [0.4, 0.5) is 0 Å². The van der Waals surface area contributed by atoms with Crippen LogP contribution in [-0.4, -0.2) is 29.5 Å². The number of para-hydroxylation sites is 2. The molecule has 0 fully saturated rings. The maximum atomic E-state index is 4.61. The average Bonchev–Trinajstić information content (AvgIpc) is 3.07. The predicted molar refractivity (Wildman–Crippen MR) is 119 cm³/mol. The van der Waals surface area contributed by atoms with E-state index in [1.165, 1.54) is 5.56 Å². The van der Waals surface area contributed by atoms with Crippen molar-refractivity contribution in [2.24, 2.45) is 4.99 Å². The van der Waals surface area contributed by atoms with Gasteiger partial charge in [0, 0.05) is 20.0 Å². The maximum Gasteiger partial charge on any atom is 0.191 e. The number of nitrogens with zero attached hydrogens (tertiary/aromatic N) is 2. The number of aromatic nitrogens is 2. The van der Waals surface area contributed by atoms with E-state index >= 15 is 0 Å². The van der Waals surface area contributed by atoms with Crippen LogP contribution in [-0.2, 0) is 6.42 Å². The van der Waals surface area contributed by atoms with Gasteiger partial charge in [-0.05, 0) is 31.0 Å². The van der Waals surface area contributed by atoms with E-state index in [0.29, 0.717) is 0 Å². The molecular weight excluding hydrogens is 437 g/mol. The first-order valence-corrected chi connectivity index (χ1v) is 8.72. The third-order valence-electron chi connectivity index (χ3n) is 4.20. The molecule has 138 valence electrons. The van der Waals surface area contributed by atoms with Gasteiger partial charge in [0.2, 0.25) is 0 Å². The topological polar surface area (TPSA) is 65.1 Å². The Hall–Kier alpha value is -2.09. The number of imidazole rings is 1. The third kappa shape index (κ3) is 5.45. The Bertz CT molecular complexity index is 795. The monoisotopic (exact) mass is 463 g/mol. The van der Waals surface area contributed by atoms with Crippen molar-refractivity contribution < 1.29 is 0 Å². The molecule has 0 aliphatic carbocycles. The molecule has 3 rings (SSSR count). The second-order valence-corrected chi connectivity index (χ2v) is 6.08. The van der Waals surface area contributed by atoms with Gasteiger partial charge < -0.3 is 15.6 Å². The number of guanidine groups is 1. The minimum absolute atomic E-state index is 0. The van der Waals surface area contributed by atoms with Crippen molar-refractivity contribution in [2.75, 3.05) is 13.6 Å². The highest BCUT2D eigenvalue weighted by Crippen LogP contribution is 2.12. The largest absolute Gasteiger partial charge is 0.356 e. The molecular formula is C20H26IN5. The fourth-order valence-corrected chi connectivity index (χ4v) is 2.81. The van der Waals surface area contributed by atoms with Crippen molar-refractivity contribution in [1.29, 1.82) is 0 Å². The number of halogens is 1. The quantitative estimate of drug-likeness (QED) is 0.224. The van der Waals surface area contributed by atoms with Gasteiger partial charge in [0.1, 0.15) is 5.82 Å². The van der Waals surface area contributed by atoms with E-state index in [4.69, 9.17) is 0 Å². The zero-order chi connectivity index (χ0) is 17.5. The molecule has 0 spiro atoms. The number of aliphatic imine (C=N–C) groups is 1. The van der Waals surface area contributed by atoms with Gasteiger partial charge in [0.25, 0.3) is 0 Å². The number of benzene rings is 2. The molecule has 1 heterocycles. The van der Waals surface area contributed by atoms with Gasteiger partial charge >= 0.3 is 0 Å². The molecule has 3 aromatic rings. The van der Waals surface area contributed by atoms with Crippen LogP contribution in [0.1, 0.15) is 30.8 Å². The first-order chi connectivity index (χ1) is 12.3. The molecule has 26 heavy (non-hydrogen) atoms. The van der Waals surface area contributed by atoms with E-state index in [1.807, 2.05) is 24.3 Å². The van der Waals surface area contributed by atoms with Crippen molar-refractivity contribution in [1.82, 2.24) is 20.6 Å². The van der Waals surface area contributed by atoms with Crippen LogP contribution in [0.25, 0.3) is 11.0 Å². The summed E-state index contributed by atoms with van der Waals surface area (Å²) in [7, 11) is 1.80. The Labute approximate surface area is 171 Å². The number of hydrogen-bond donors (Lipinski definition) is 3. The van der Waals surface area contributed by atoms with Gasteiger partial charge in [0.15, 0.2) is 5.96 Å². The Balaban J connectivity index is 0.00000243. The Kier molecular flexibility index (Phi) is 7.90. The van der Waals surface area contributed by atoms with Crippen LogP contribution in [0.15, 0.2) is 59.6 Å². The molecule has 1 unspecified atom stereocenters. The summed E-state index contributed by atoms with van der Waals surface area (Å²) in [6.45, 7) is 2.98. The van der Waals surface area contributed by atoms with E-state index in [9.17, 15) is 0 Å². The highest BCUT2D eigenvalue weighted by atomic mass is 127. The van der Waals surface area contributed by atoms with E-state index in [2.05, 4.69) is 62.8 Å². The van der Waals surface area contributed by atoms with Gasteiger partial charge in [0.05, 0.1) is 17.1 Å². The predicted octanol–water partition coefficient (Wildman–Crippen LogP) is 4.04. The van der Waals surface area contributed by atoms with Crippen LogP contribution in [0.2, 0.25) is 0 Å². The maximum absolute atomic E-state index is 4.61. The number of H-pyrrole nitrogens is 1. The zero-order valence-electron chi connectivity index (χ0n) is 15.2. The van der Waals surface area contributed by atoms with Crippen LogP contribution < -0.4 is 10.6 Å². The number of aromatic amines is 1. The highest BCUT2D eigenvalue weighted by molar-refractivity contribution is 14.0. The van der Waals surface area contributed by atoms with Crippen molar-refractivity contribution in [3.8, 4) is 0 Å². The van der Waals surface area contributed by atoms with Gasteiger partial charge in [-0.25, -0.2) is 4.98 Å².